The minimum Gasteiger partial charge on any atom is -0.311 e. The van der Waals surface area contributed by atoms with Gasteiger partial charge >= 0.3 is 0 Å². The first-order valence-electron chi connectivity index (χ1n) is 27.9. The summed E-state index contributed by atoms with van der Waals surface area (Å²) in [4.78, 5) is 3.23. The fourth-order valence-electron chi connectivity index (χ4n) is 7.09. The predicted molar refractivity (Wildman–Crippen MR) is 233 cm³/mol. The molecule has 0 amide bonds. The highest BCUT2D eigenvalue weighted by atomic mass is 15.2. The molecule has 3 nitrogen and oxygen atoms in total. The molecule has 0 radical (unpaired) electrons. The molecule has 54 heavy (non-hydrogen) atoms. The second kappa shape index (κ2) is 12.8. The van der Waals surface area contributed by atoms with Crippen molar-refractivity contribution in [1.82, 2.24) is 0 Å². The number of anilines is 9. The summed E-state index contributed by atoms with van der Waals surface area (Å²) in [7, 11) is 0. The third-order valence-corrected chi connectivity index (χ3v) is 9.72. The Hall–Kier alpha value is -6.00. The molecule has 7 aromatic rings. The summed E-state index contributed by atoms with van der Waals surface area (Å²) in [5, 5.41) is 0. The van der Waals surface area contributed by atoms with Crippen LogP contribution in [0.4, 0.5) is 51.2 Å². The first-order chi connectivity index (χ1) is 34.8. The maximum atomic E-state index is 10.6. The van der Waals surface area contributed by atoms with Crippen LogP contribution in [0.2, 0.25) is 0 Å². The van der Waals surface area contributed by atoms with Crippen molar-refractivity contribution in [2.45, 2.75) is 52.4 Å². The van der Waals surface area contributed by atoms with Crippen LogP contribution in [0.15, 0.2) is 169 Å². The summed E-state index contributed by atoms with van der Waals surface area (Å²) in [6.45, 7) is 10.6. The molecule has 0 fully saturated rings. The van der Waals surface area contributed by atoms with E-state index in [0.29, 0.717) is 21.7 Å². The number of benzene rings is 7. The Morgan fingerprint density at radius 1 is 0.463 bits per heavy atom. The first kappa shape index (κ1) is 17.9. The summed E-state index contributed by atoms with van der Waals surface area (Å²) in [6.07, 6.45) is 0. The van der Waals surface area contributed by atoms with E-state index >= 15 is 0 Å². The van der Waals surface area contributed by atoms with E-state index in [9.17, 15) is 13.7 Å². The van der Waals surface area contributed by atoms with E-state index in [1.165, 1.54) is 0 Å². The molecule has 4 heteroatoms. The summed E-state index contributed by atoms with van der Waals surface area (Å²) in [5.74, 6) is 0. The fraction of sp³-hybridized carbons (Fsp3) is 0.160. The van der Waals surface area contributed by atoms with Gasteiger partial charge in [0, 0.05) is 45.5 Å². The molecule has 0 bridgehead atoms. The molecule has 0 atom stereocenters. The van der Waals surface area contributed by atoms with Crippen LogP contribution in [0, 0.1) is 0 Å². The van der Waals surface area contributed by atoms with Crippen molar-refractivity contribution in [3.05, 3.63) is 180 Å². The molecule has 0 aromatic heterocycles. The van der Waals surface area contributed by atoms with E-state index in [1.54, 1.807) is 23.1 Å². The average Bonchev–Trinajstić information content (AvgIpc) is 3.36. The van der Waals surface area contributed by atoms with Crippen molar-refractivity contribution in [2.75, 3.05) is 14.7 Å². The van der Waals surface area contributed by atoms with Crippen molar-refractivity contribution in [3.63, 3.8) is 0 Å². The lowest BCUT2D eigenvalue weighted by Gasteiger charge is -2.45. The highest BCUT2D eigenvalue weighted by molar-refractivity contribution is 7.00. The Bertz CT molecular complexity index is 3530. The molecule has 9 rings (SSSR count). The fourth-order valence-corrected chi connectivity index (χ4v) is 7.09. The molecule has 0 N–H and O–H groups in total. The van der Waals surface area contributed by atoms with Crippen molar-refractivity contribution in [2.24, 2.45) is 0 Å². The second-order valence-corrected chi connectivity index (χ2v) is 15.2. The summed E-state index contributed by atoms with van der Waals surface area (Å²) in [6, 6.07) is -5.46. The maximum absolute atomic E-state index is 10.6. The van der Waals surface area contributed by atoms with Gasteiger partial charge in [-0.1, -0.05) is 138 Å². The molecule has 2 aliphatic heterocycles. The van der Waals surface area contributed by atoms with Crippen LogP contribution in [0.25, 0.3) is 0 Å². The summed E-state index contributed by atoms with van der Waals surface area (Å²) < 4.78 is 193. The quantitative estimate of drug-likeness (QED) is 0.164. The van der Waals surface area contributed by atoms with Crippen LogP contribution in [0.3, 0.4) is 0 Å². The van der Waals surface area contributed by atoms with E-state index in [-0.39, 0.29) is 22.0 Å². The minimum atomic E-state index is -1.35. The van der Waals surface area contributed by atoms with Gasteiger partial charge in [-0.05, 0) is 111 Å². The molecule has 2 heterocycles. The smallest absolute Gasteiger partial charge is 0.252 e. The Morgan fingerprint density at radius 3 is 1.54 bits per heavy atom. The molecule has 0 spiro atoms. The van der Waals surface area contributed by atoms with Crippen LogP contribution in [-0.2, 0) is 10.8 Å². The lowest BCUT2D eigenvalue weighted by Crippen LogP contribution is -2.61. The van der Waals surface area contributed by atoms with Crippen LogP contribution in [0.1, 0.15) is 81.5 Å². The van der Waals surface area contributed by atoms with Crippen LogP contribution in [0.5, 0.6) is 0 Å². The predicted octanol–water partition coefficient (Wildman–Crippen LogP) is 11.8. The average molecular weight is 721 g/mol. The largest absolute Gasteiger partial charge is 0.311 e. The van der Waals surface area contributed by atoms with Crippen LogP contribution >= 0.6 is 0 Å². The summed E-state index contributed by atoms with van der Waals surface area (Å²) in [5.41, 5.74) is -2.65. The zero-order valence-electron chi connectivity index (χ0n) is 51.5. The SMILES string of the molecule is [2H]c1c([2H])c([2H])c(N(c2c([2H])c([2H])c([2H])c([2H])c2[2H])c2c([2H])c3c4c(c2[2H])N(c2c([2H])c([2H])c([2H])c([2H])c2[2H])c2c([2H])c([2H])c([2H])c([2H])c2B4c2cc(C(C)(C)C)ccc2N3c2ccc(C(C)(C)C)cc2)c([2H])c1[2H]. The lowest BCUT2D eigenvalue weighted by atomic mass is 9.33. The molecule has 0 saturated carbocycles. The minimum absolute atomic E-state index is 0.0568. The normalized spacial score (nSPS) is 18.7. The van der Waals surface area contributed by atoms with Gasteiger partial charge in [0.25, 0.3) is 6.71 Å². The second-order valence-electron chi connectivity index (χ2n) is 15.2. The molecule has 0 aliphatic carbocycles. The van der Waals surface area contributed by atoms with Gasteiger partial charge in [0.1, 0.15) is 0 Å². The molecular formula is C50H46BN3. The van der Waals surface area contributed by atoms with E-state index in [0.717, 1.165) is 16.0 Å². The van der Waals surface area contributed by atoms with E-state index in [2.05, 4.69) is 0 Å². The molecule has 2 aliphatic rings. The Kier molecular flexibility index (Phi) is 4.25. The standard InChI is InChI=1S/C50H46BN3/c1-49(2,3)35-26-29-40(30-27-35)54-45-31-28-36(50(4,5)6)32-43(45)51-42-24-16-17-25-44(42)53(39-22-14-9-15-23-39)46-33-41(34-47(54)48(46)51)52(37-18-10-7-11-19-37)38-20-12-8-13-21-38/h7-34H,1-6H3/i7D,8D,9D,10D,11D,12D,13D,14D,15D,16D,17D,18D,19D,20D,21D,22D,23D,24D,25D,33D,34D. The zero-order valence-corrected chi connectivity index (χ0v) is 30.5. The topological polar surface area (TPSA) is 9.72 Å². The number of fused-ring (bicyclic) bond motifs is 4. The highest BCUT2D eigenvalue weighted by Crippen LogP contribution is 2.48. The van der Waals surface area contributed by atoms with Gasteiger partial charge in [0.2, 0.25) is 0 Å². The van der Waals surface area contributed by atoms with Crippen LogP contribution in [-0.4, -0.2) is 6.71 Å². The van der Waals surface area contributed by atoms with Crippen molar-refractivity contribution < 1.29 is 28.8 Å². The van der Waals surface area contributed by atoms with E-state index < -0.39 is 173 Å². The monoisotopic (exact) mass is 721 g/mol. The van der Waals surface area contributed by atoms with E-state index in [4.69, 9.17) is 15.1 Å². The number of rotatable bonds is 5. The van der Waals surface area contributed by atoms with E-state index in [1.807, 2.05) is 65.8 Å². The van der Waals surface area contributed by atoms with Crippen molar-refractivity contribution >= 4 is 74.3 Å². The maximum Gasteiger partial charge on any atom is 0.252 e. The first-order valence-corrected chi connectivity index (χ1v) is 17.4. The van der Waals surface area contributed by atoms with Gasteiger partial charge in [-0.15, -0.1) is 0 Å². The third kappa shape index (κ3) is 5.69. The Balaban J connectivity index is 1.63. The number of hydrogen-bond donors (Lipinski definition) is 0. The number of nitrogens with zero attached hydrogens (tertiary/aromatic N) is 3. The molecular weight excluding hydrogens is 653 g/mol. The Morgan fingerprint density at radius 2 is 0.963 bits per heavy atom. The zero-order chi connectivity index (χ0) is 55.5. The van der Waals surface area contributed by atoms with Crippen molar-refractivity contribution in [1.29, 1.82) is 0 Å². The van der Waals surface area contributed by atoms with Crippen molar-refractivity contribution in [3.8, 4) is 0 Å². The number of hydrogen-bond acceptors (Lipinski definition) is 3. The van der Waals surface area contributed by atoms with Gasteiger partial charge in [-0.25, -0.2) is 0 Å². The molecule has 0 unspecified atom stereocenters. The van der Waals surface area contributed by atoms with Gasteiger partial charge < -0.3 is 14.7 Å². The lowest BCUT2D eigenvalue weighted by molar-refractivity contribution is 0.590. The van der Waals surface area contributed by atoms with Crippen LogP contribution < -0.4 is 31.1 Å². The third-order valence-electron chi connectivity index (χ3n) is 9.72. The molecule has 7 aromatic carbocycles. The molecule has 0 saturated heterocycles. The highest BCUT2D eigenvalue weighted by Gasteiger charge is 2.44. The molecule has 264 valence electrons. The number of para-hydroxylation sites is 4. The summed E-state index contributed by atoms with van der Waals surface area (Å²) >= 11 is 0. The van der Waals surface area contributed by atoms with Gasteiger partial charge in [-0.3, -0.25) is 0 Å². The van der Waals surface area contributed by atoms with Gasteiger partial charge in [0.05, 0.1) is 34.5 Å². The van der Waals surface area contributed by atoms with Gasteiger partial charge in [-0.2, -0.15) is 0 Å². The Labute approximate surface area is 350 Å². The van der Waals surface area contributed by atoms with Gasteiger partial charge in [0.15, 0.2) is 0 Å².